The lowest BCUT2D eigenvalue weighted by Crippen LogP contribution is -2.34. The van der Waals surface area contributed by atoms with Gasteiger partial charge in [-0.1, -0.05) is 27.7 Å². The van der Waals surface area contributed by atoms with E-state index in [2.05, 4.69) is 27.7 Å². The molecule has 1 fully saturated rings. The van der Waals surface area contributed by atoms with Gasteiger partial charge in [-0.3, -0.25) is 4.79 Å². The summed E-state index contributed by atoms with van der Waals surface area (Å²) >= 11 is 0. The summed E-state index contributed by atoms with van der Waals surface area (Å²) < 4.78 is 0. The fourth-order valence-electron chi connectivity index (χ4n) is 2.43. The van der Waals surface area contributed by atoms with E-state index in [9.17, 15) is 4.79 Å². The first-order valence-corrected chi connectivity index (χ1v) is 5.46. The summed E-state index contributed by atoms with van der Waals surface area (Å²) in [5, 5.41) is 8.64. The maximum Gasteiger partial charge on any atom is 0.227 e. The van der Waals surface area contributed by atoms with Crippen LogP contribution in [0.1, 0.15) is 34.6 Å². The molecule has 0 aromatic heterocycles. The highest BCUT2D eigenvalue weighted by Crippen LogP contribution is 2.68. The van der Waals surface area contributed by atoms with Crippen molar-refractivity contribution in [2.75, 3.05) is 13.1 Å². The van der Waals surface area contributed by atoms with Gasteiger partial charge in [0, 0.05) is 12.5 Å². The molecule has 1 amide bonds. The number of nitrogens with zero attached hydrogens (tertiary/aromatic N) is 2. The normalized spacial score (nSPS) is 21.9. The van der Waals surface area contributed by atoms with Crippen molar-refractivity contribution in [3.05, 3.63) is 0 Å². The molecule has 0 atom stereocenters. The minimum Gasteiger partial charge on any atom is -0.329 e. The fraction of sp³-hybridized carbons (Fsp3) is 0.833. The Labute approximate surface area is 92.1 Å². The van der Waals surface area contributed by atoms with E-state index in [1.54, 1.807) is 4.90 Å². The van der Waals surface area contributed by atoms with Crippen LogP contribution in [0.15, 0.2) is 0 Å². The van der Waals surface area contributed by atoms with Crippen molar-refractivity contribution in [3.63, 3.8) is 0 Å². The summed E-state index contributed by atoms with van der Waals surface area (Å²) in [6, 6.07) is 2.04. The Hall–Kier alpha value is -1.04. The largest absolute Gasteiger partial charge is 0.329 e. The van der Waals surface area contributed by atoms with Crippen molar-refractivity contribution in [1.82, 2.24) is 4.90 Å². The van der Waals surface area contributed by atoms with E-state index >= 15 is 0 Å². The lowest BCUT2D eigenvalue weighted by Gasteiger charge is -2.18. The molecule has 1 aliphatic rings. The highest BCUT2D eigenvalue weighted by Gasteiger charge is 2.68. The van der Waals surface area contributed by atoms with Crippen LogP contribution < -0.4 is 0 Å². The summed E-state index contributed by atoms with van der Waals surface area (Å²) in [6.45, 7) is 11.2. The average Bonchev–Trinajstić information content (AvgIpc) is 2.52. The van der Waals surface area contributed by atoms with Crippen LogP contribution in [0, 0.1) is 28.1 Å². The highest BCUT2D eigenvalue weighted by molar-refractivity contribution is 5.84. The molecule has 84 valence electrons. The number of rotatable bonds is 3. The second-order valence-electron chi connectivity index (χ2n) is 5.39. The zero-order valence-corrected chi connectivity index (χ0v) is 10.3. The molecule has 1 aliphatic carbocycles. The molecule has 0 aliphatic heterocycles. The van der Waals surface area contributed by atoms with Crippen molar-refractivity contribution in [2.24, 2.45) is 16.7 Å². The van der Waals surface area contributed by atoms with Gasteiger partial charge in [0.05, 0.1) is 6.07 Å². The molecule has 3 heteroatoms. The molecule has 0 unspecified atom stereocenters. The number of nitriles is 1. The lowest BCUT2D eigenvalue weighted by molar-refractivity contribution is -0.133. The lowest BCUT2D eigenvalue weighted by atomic mass is 10.0. The van der Waals surface area contributed by atoms with E-state index < -0.39 is 0 Å². The van der Waals surface area contributed by atoms with Crippen LogP contribution in [0.2, 0.25) is 0 Å². The second kappa shape index (κ2) is 3.52. The van der Waals surface area contributed by atoms with Crippen LogP contribution in [0.3, 0.4) is 0 Å². The van der Waals surface area contributed by atoms with Gasteiger partial charge in [0.25, 0.3) is 0 Å². The Bertz CT molecular complexity index is 298. The van der Waals surface area contributed by atoms with Crippen molar-refractivity contribution >= 4 is 5.91 Å². The van der Waals surface area contributed by atoms with Gasteiger partial charge in [-0.2, -0.15) is 5.26 Å². The molecule has 0 bridgehead atoms. The van der Waals surface area contributed by atoms with Gasteiger partial charge in [-0.15, -0.1) is 0 Å². The second-order valence-corrected chi connectivity index (χ2v) is 5.39. The van der Waals surface area contributed by atoms with Crippen LogP contribution in [0.4, 0.5) is 0 Å². The monoisotopic (exact) mass is 208 g/mol. The summed E-state index contributed by atoms with van der Waals surface area (Å²) in [6.07, 6.45) is 0. The number of carbonyl (C=O) groups is 1. The molecule has 0 radical (unpaired) electrons. The average molecular weight is 208 g/mol. The minimum atomic E-state index is 0.0625. The topological polar surface area (TPSA) is 44.1 Å². The minimum absolute atomic E-state index is 0.0625. The molecule has 0 aromatic carbocycles. The third kappa shape index (κ3) is 1.62. The van der Waals surface area contributed by atoms with E-state index in [0.29, 0.717) is 6.54 Å². The van der Waals surface area contributed by atoms with E-state index in [1.807, 2.05) is 13.0 Å². The van der Waals surface area contributed by atoms with Crippen LogP contribution in [0.5, 0.6) is 0 Å². The molecular weight excluding hydrogens is 188 g/mol. The van der Waals surface area contributed by atoms with E-state index in [1.165, 1.54) is 0 Å². The first-order valence-electron chi connectivity index (χ1n) is 5.46. The van der Waals surface area contributed by atoms with Gasteiger partial charge in [-0.25, -0.2) is 0 Å². The maximum atomic E-state index is 12.1. The third-order valence-electron chi connectivity index (χ3n) is 4.22. The Kier molecular flexibility index (Phi) is 2.82. The molecule has 15 heavy (non-hydrogen) atoms. The summed E-state index contributed by atoms with van der Waals surface area (Å²) in [5.41, 5.74) is 0.125. The SMILES string of the molecule is CCN(CC#N)C(=O)C1C(C)(C)C1(C)C. The molecule has 0 saturated heterocycles. The molecule has 0 N–H and O–H groups in total. The maximum absolute atomic E-state index is 12.1. The Morgan fingerprint density at radius 3 is 2.07 bits per heavy atom. The van der Waals surface area contributed by atoms with Crippen molar-refractivity contribution in [2.45, 2.75) is 34.6 Å². The van der Waals surface area contributed by atoms with Crippen molar-refractivity contribution in [1.29, 1.82) is 5.26 Å². The third-order valence-corrected chi connectivity index (χ3v) is 4.22. The van der Waals surface area contributed by atoms with Crippen LogP contribution >= 0.6 is 0 Å². The predicted octanol–water partition coefficient (Wildman–Crippen LogP) is 2.04. The van der Waals surface area contributed by atoms with Crippen LogP contribution in [-0.4, -0.2) is 23.9 Å². The zero-order valence-electron chi connectivity index (χ0n) is 10.3. The molecule has 0 heterocycles. The Morgan fingerprint density at radius 1 is 1.33 bits per heavy atom. The molecule has 0 aromatic rings. The Morgan fingerprint density at radius 2 is 1.80 bits per heavy atom. The van der Waals surface area contributed by atoms with E-state index in [0.717, 1.165) is 0 Å². The Balaban J connectivity index is 2.76. The van der Waals surface area contributed by atoms with Gasteiger partial charge >= 0.3 is 0 Å². The zero-order chi connectivity index (χ0) is 11.9. The molecule has 1 saturated carbocycles. The number of carbonyl (C=O) groups excluding carboxylic acids is 1. The van der Waals surface area contributed by atoms with Gasteiger partial charge < -0.3 is 4.90 Å². The quantitative estimate of drug-likeness (QED) is 0.666. The predicted molar refractivity (Wildman–Crippen MR) is 58.9 cm³/mol. The van der Waals surface area contributed by atoms with Crippen LogP contribution in [0.25, 0.3) is 0 Å². The van der Waals surface area contributed by atoms with Crippen LogP contribution in [-0.2, 0) is 4.79 Å². The van der Waals surface area contributed by atoms with Crippen molar-refractivity contribution in [3.8, 4) is 6.07 Å². The van der Waals surface area contributed by atoms with Gasteiger partial charge in [0.15, 0.2) is 0 Å². The van der Waals surface area contributed by atoms with E-state index in [4.69, 9.17) is 5.26 Å². The van der Waals surface area contributed by atoms with Gasteiger partial charge in [0.1, 0.15) is 6.54 Å². The first-order chi connectivity index (χ1) is 6.80. The van der Waals surface area contributed by atoms with Gasteiger partial charge in [0.2, 0.25) is 5.91 Å². The van der Waals surface area contributed by atoms with E-state index in [-0.39, 0.29) is 29.2 Å². The van der Waals surface area contributed by atoms with Crippen molar-refractivity contribution < 1.29 is 4.79 Å². The first kappa shape index (κ1) is 12.0. The highest BCUT2D eigenvalue weighted by atomic mass is 16.2. The summed E-state index contributed by atoms with van der Waals surface area (Å²) in [5.74, 6) is 0.201. The summed E-state index contributed by atoms with van der Waals surface area (Å²) in [4.78, 5) is 13.8. The molecule has 0 spiro atoms. The standard InChI is InChI=1S/C12H20N2O/c1-6-14(8-7-13)10(15)9-11(2,3)12(9,4)5/h9H,6,8H2,1-5H3. The number of amides is 1. The molecular formula is C12H20N2O. The number of hydrogen-bond acceptors (Lipinski definition) is 2. The molecule has 3 nitrogen and oxygen atoms in total. The van der Waals surface area contributed by atoms with Gasteiger partial charge in [-0.05, 0) is 17.8 Å². The number of hydrogen-bond donors (Lipinski definition) is 0. The smallest absolute Gasteiger partial charge is 0.227 e. The summed E-state index contributed by atoms with van der Waals surface area (Å²) in [7, 11) is 0. The fourth-order valence-corrected chi connectivity index (χ4v) is 2.43. The molecule has 1 rings (SSSR count).